The molecule has 2 aromatic carbocycles. The molecule has 0 amide bonds. The molecule has 1 unspecified atom stereocenters. The molecule has 0 radical (unpaired) electrons. The lowest BCUT2D eigenvalue weighted by Crippen LogP contribution is -2.47. The van der Waals surface area contributed by atoms with Crippen LogP contribution >= 0.6 is 0 Å². The Bertz CT molecular complexity index is 785. The van der Waals surface area contributed by atoms with E-state index in [-0.39, 0.29) is 18.0 Å². The van der Waals surface area contributed by atoms with Crippen LogP contribution in [0.3, 0.4) is 0 Å². The molecule has 1 saturated heterocycles. The third-order valence-electron chi connectivity index (χ3n) is 5.68. The van der Waals surface area contributed by atoms with Gasteiger partial charge in [-0.25, -0.2) is 4.39 Å². The molecule has 4 nitrogen and oxygen atoms in total. The van der Waals surface area contributed by atoms with Crippen LogP contribution in [0.15, 0.2) is 48.5 Å². The van der Waals surface area contributed by atoms with Crippen molar-refractivity contribution in [2.24, 2.45) is 0 Å². The van der Waals surface area contributed by atoms with E-state index in [4.69, 9.17) is 4.74 Å². The second kappa shape index (κ2) is 10.5. The van der Waals surface area contributed by atoms with E-state index in [1.165, 1.54) is 12.1 Å². The van der Waals surface area contributed by atoms with Gasteiger partial charge < -0.3 is 9.84 Å². The number of piperidine rings is 1. The average molecular weight is 400 g/mol. The van der Waals surface area contributed by atoms with Gasteiger partial charge in [0.2, 0.25) is 0 Å². The number of nitrogens with zero attached hydrogens (tertiary/aromatic N) is 1. The summed E-state index contributed by atoms with van der Waals surface area (Å²) in [5.41, 5.74) is 3.10. The number of hydrogen-bond donors (Lipinski definition) is 1. The molecule has 0 saturated carbocycles. The lowest BCUT2D eigenvalue weighted by molar-refractivity contribution is -0.145. The number of benzene rings is 2. The first kappa shape index (κ1) is 21.5. The third-order valence-corrected chi connectivity index (χ3v) is 5.68. The summed E-state index contributed by atoms with van der Waals surface area (Å²) in [6, 6.07) is 14.2. The average Bonchev–Trinajstić information content (AvgIpc) is 2.74. The quantitative estimate of drug-likeness (QED) is 0.636. The van der Waals surface area contributed by atoms with Crippen LogP contribution in [0.2, 0.25) is 0 Å². The number of rotatable bonds is 9. The van der Waals surface area contributed by atoms with Crippen molar-refractivity contribution in [1.29, 1.82) is 0 Å². The SMILES string of the molecule is CCCCC(C(=O)O)N1CCC(OCc2ccccc2-c2ccc(F)cc2)CC1. The van der Waals surface area contributed by atoms with Gasteiger partial charge in [-0.05, 0) is 48.1 Å². The highest BCUT2D eigenvalue weighted by molar-refractivity contribution is 5.73. The minimum absolute atomic E-state index is 0.133. The summed E-state index contributed by atoms with van der Waals surface area (Å²) in [5, 5.41) is 9.53. The van der Waals surface area contributed by atoms with Gasteiger partial charge in [-0.15, -0.1) is 0 Å². The van der Waals surface area contributed by atoms with Gasteiger partial charge >= 0.3 is 5.97 Å². The Hall–Kier alpha value is -2.24. The minimum atomic E-state index is -0.717. The van der Waals surface area contributed by atoms with Crippen LogP contribution in [0, 0.1) is 5.82 Å². The number of halogens is 1. The second-order valence-corrected chi connectivity index (χ2v) is 7.71. The van der Waals surface area contributed by atoms with Crippen molar-refractivity contribution in [3.05, 3.63) is 59.9 Å². The molecule has 1 atom stereocenters. The fourth-order valence-electron chi connectivity index (χ4n) is 3.98. The summed E-state index contributed by atoms with van der Waals surface area (Å²) in [6.45, 7) is 4.09. The molecule has 0 spiro atoms. The van der Waals surface area contributed by atoms with Crippen molar-refractivity contribution < 1.29 is 19.0 Å². The molecule has 1 fully saturated rings. The second-order valence-electron chi connectivity index (χ2n) is 7.71. The first-order valence-electron chi connectivity index (χ1n) is 10.5. The Kier molecular flexibility index (Phi) is 7.78. The van der Waals surface area contributed by atoms with Crippen molar-refractivity contribution in [3.8, 4) is 11.1 Å². The fraction of sp³-hybridized carbons (Fsp3) is 0.458. The van der Waals surface area contributed by atoms with Gasteiger partial charge in [-0.3, -0.25) is 9.69 Å². The lowest BCUT2D eigenvalue weighted by atomic mass is 9.99. The van der Waals surface area contributed by atoms with Crippen LogP contribution < -0.4 is 0 Å². The Morgan fingerprint density at radius 1 is 1.17 bits per heavy atom. The monoisotopic (exact) mass is 399 g/mol. The first-order valence-corrected chi connectivity index (χ1v) is 10.5. The summed E-state index contributed by atoms with van der Waals surface area (Å²) in [6.07, 6.45) is 4.48. The van der Waals surface area contributed by atoms with Gasteiger partial charge in [0.1, 0.15) is 11.9 Å². The van der Waals surface area contributed by atoms with E-state index < -0.39 is 5.97 Å². The maximum absolute atomic E-state index is 13.2. The molecule has 1 N–H and O–H groups in total. The molecule has 3 rings (SSSR count). The molecule has 156 valence electrons. The highest BCUT2D eigenvalue weighted by Crippen LogP contribution is 2.26. The number of carboxylic acids is 1. The number of carboxylic acid groups (broad SMARTS) is 1. The topological polar surface area (TPSA) is 49.8 Å². The van der Waals surface area contributed by atoms with E-state index in [0.717, 1.165) is 55.5 Å². The van der Waals surface area contributed by atoms with Crippen LogP contribution in [-0.2, 0) is 16.1 Å². The van der Waals surface area contributed by atoms with Crippen LogP contribution in [0.1, 0.15) is 44.6 Å². The van der Waals surface area contributed by atoms with E-state index in [9.17, 15) is 14.3 Å². The Labute approximate surface area is 172 Å². The highest BCUT2D eigenvalue weighted by Gasteiger charge is 2.29. The smallest absolute Gasteiger partial charge is 0.320 e. The zero-order chi connectivity index (χ0) is 20.6. The molecule has 0 aromatic heterocycles. The largest absolute Gasteiger partial charge is 0.480 e. The number of unbranched alkanes of at least 4 members (excludes halogenated alkanes) is 1. The first-order chi connectivity index (χ1) is 14.1. The number of carbonyl (C=O) groups is 1. The van der Waals surface area contributed by atoms with Crippen LogP contribution in [0.5, 0.6) is 0 Å². The molecular formula is C24H30FNO3. The number of aliphatic carboxylic acids is 1. The molecular weight excluding hydrogens is 369 g/mol. The van der Waals surface area contributed by atoms with E-state index in [1.54, 1.807) is 12.1 Å². The normalized spacial score (nSPS) is 16.6. The molecule has 5 heteroatoms. The maximum atomic E-state index is 13.2. The van der Waals surface area contributed by atoms with E-state index in [1.807, 2.05) is 24.3 Å². The molecule has 2 aromatic rings. The highest BCUT2D eigenvalue weighted by atomic mass is 19.1. The summed E-state index contributed by atoms with van der Waals surface area (Å²) < 4.78 is 19.4. The number of hydrogen-bond acceptors (Lipinski definition) is 3. The van der Waals surface area contributed by atoms with Crippen molar-refractivity contribution in [3.63, 3.8) is 0 Å². The molecule has 0 aliphatic carbocycles. The van der Waals surface area contributed by atoms with Crippen LogP contribution in [-0.4, -0.2) is 41.2 Å². The van der Waals surface area contributed by atoms with Crippen molar-refractivity contribution in [2.45, 2.75) is 57.8 Å². The summed E-state index contributed by atoms with van der Waals surface area (Å²) in [5.74, 6) is -0.959. The van der Waals surface area contributed by atoms with Gasteiger partial charge in [-0.1, -0.05) is 56.2 Å². The van der Waals surface area contributed by atoms with Gasteiger partial charge in [0.05, 0.1) is 12.7 Å². The molecule has 0 bridgehead atoms. The number of likely N-dealkylation sites (tertiary alicyclic amines) is 1. The molecule has 29 heavy (non-hydrogen) atoms. The van der Waals surface area contributed by atoms with Gasteiger partial charge in [0.25, 0.3) is 0 Å². The predicted molar refractivity (Wildman–Crippen MR) is 112 cm³/mol. The summed E-state index contributed by atoms with van der Waals surface area (Å²) in [7, 11) is 0. The maximum Gasteiger partial charge on any atom is 0.320 e. The molecule has 1 heterocycles. The lowest BCUT2D eigenvalue weighted by Gasteiger charge is -2.35. The number of ether oxygens (including phenoxy) is 1. The summed E-state index contributed by atoms with van der Waals surface area (Å²) >= 11 is 0. The molecule has 1 aliphatic rings. The van der Waals surface area contributed by atoms with E-state index in [0.29, 0.717) is 13.0 Å². The standard InChI is InChI=1S/C24H30FNO3/c1-2-3-8-23(24(27)28)26-15-13-21(14-16-26)29-17-19-6-4-5-7-22(19)18-9-11-20(25)12-10-18/h4-7,9-12,21,23H,2-3,8,13-17H2,1H3,(H,27,28). The van der Waals surface area contributed by atoms with Crippen molar-refractivity contribution in [2.75, 3.05) is 13.1 Å². The van der Waals surface area contributed by atoms with Gasteiger partial charge in [0.15, 0.2) is 0 Å². The van der Waals surface area contributed by atoms with Crippen LogP contribution in [0.4, 0.5) is 4.39 Å². The van der Waals surface area contributed by atoms with Crippen LogP contribution in [0.25, 0.3) is 11.1 Å². The van der Waals surface area contributed by atoms with Gasteiger partial charge in [-0.2, -0.15) is 0 Å². The Morgan fingerprint density at radius 3 is 2.52 bits per heavy atom. The third kappa shape index (κ3) is 5.87. The van der Waals surface area contributed by atoms with E-state index >= 15 is 0 Å². The summed E-state index contributed by atoms with van der Waals surface area (Å²) in [4.78, 5) is 13.7. The Balaban J connectivity index is 1.56. The van der Waals surface area contributed by atoms with Crippen molar-refractivity contribution >= 4 is 5.97 Å². The van der Waals surface area contributed by atoms with Gasteiger partial charge in [0, 0.05) is 13.1 Å². The minimum Gasteiger partial charge on any atom is -0.480 e. The fourth-order valence-corrected chi connectivity index (χ4v) is 3.98. The zero-order valence-corrected chi connectivity index (χ0v) is 17.0. The van der Waals surface area contributed by atoms with E-state index in [2.05, 4.69) is 11.8 Å². The Morgan fingerprint density at radius 2 is 1.86 bits per heavy atom. The zero-order valence-electron chi connectivity index (χ0n) is 17.0. The predicted octanol–water partition coefficient (Wildman–Crippen LogP) is 5.12. The van der Waals surface area contributed by atoms with Crippen molar-refractivity contribution in [1.82, 2.24) is 4.90 Å². The molecule has 1 aliphatic heterocycles.